The molecule has 1 heterocycles. The predicted molar refractivity (Wildman–Crippen MR) is 160 cm³/mol. The van der Waals surface area contributed by atoms with E-state index in [1.54, 1.807) is 30.5 Å². The van der Waals surface area contributed by atoms with Gasteiger partial charge in [0.05, 0.1) is 16.6 Å². The van der Waals surface area contributed by atoms with Gasteiger partial charge in [-0.3, -0.25) is 4.98 Å². The van der Waals surface area contributed by atoms with Gasteiger partial charge in [0.25, 0.3) is 0 Å². The van der Waals surface area contributed by atoms with Crippen LogP contribution in [-0.2, 0) is 19.1 Å². The fraction of sp³-hybridized carbons (Fsp3) is 0.0857. The smallest absolute Gasteiger partial charge is 0.418 e. The number of aromatic carboxylic acids is 1. The van der Waals surface area contributed by atoms with Crippen LogP contribution in [0, 0.1) is 0 Å². The molecule has 4 nitrogen and oxygen atoms in total. The van der Waals surface area contributed by atoms with Gasteiger partial charge in [-0.05, 0) is 81.4 Å². The summed E-state index contributed by atoms with van der Waals surface area (Å²) in [5, 5.41) is 14.9. The molecule has 0 aliphatic carbocycles. The van der Waals surface area contributed by atoms with Crippen LogP contribution >= 0.6 is 0 Å². The SMILES string of the molecule is O=C(O)c1ccc2cc(NCc3cccc(-c4c(Cc5ccccc5)cnc5c(C(F)(F)F)cccc45)c3)ccc2c1. The van der Waals surface area contributed by atoms with Crippen LogP contribution in [0.5, 0.6) is 0 Å². The van der Waals surface area contributed by atoms with Crippen LogP contribution in [-0.4, -0.2) is 16.1 Å². The van der Waals surface area contributed by atoms with Gasteiger partial charge in [0, 0.05) is 23.8 Å². The van der Waals surface area contributed by atoms with Crippen molar-refractivity contribution in [2.24, 2.45) is 0 Å². The van der Waals surface area contributed by atoms with E-state index in [1.165, 1.54) is 6.07 Å². The summed E-state index contributed by atoms with van der Waals surface area (Å²) in [5.41, 5.74) is 4.66. The number of aromatic nitrogens is 1. The quantitative estimate of drug-likeness (QED) is 0.204. The summed E-state index contributed by atoms with van der Waals surface area (Å²) in [7, 11) is 0. The number of benzene rings is 5. The van der Waals surface area contributed by atoms with Crippen LogP contribution in [0.25, 0.3) is 32.8 Å². The highest BCUT2D eigenvalue weighted by Gasteiger charge is 2.33. The average Bonchev–Trinajstić information content (AvgIpc) is 2.99. The van der Waals surface area contributed by atoms with Crippen LogP contribution in [0.15, 0.2) is 115 Å². The Labute approximate surface area is 240 Å². The molecule has 5 aromatic carbocycles. The molecular formula is C35H25F3N2O2. The Morgan fingerprint density at radius 3 is 2.31 bits per heavy atom. The lowest BCUT2D eigenvalue weighted by molar-refractivity contribution is -0.136. The van der Waals surface area contributed by atoms with Crippen LogP contribution in [0.1, 0.15) is 32.6 Å². The highest BCUT2D eigenvalue weighted by atomic mass is 19.4. The van der Waals surface area contributed by atoms with E-state index in [9.17, 15) is 23.1 Å². The Balaban J connectivity index is 1.36. The van der Waals surface area contributed by atoms with Crippen molar-refractivity contribution in [2.75, 3.05) is 5.32 Å². The number of nitrogens with zero attached hydrogens (tertiary/aromatic N) is 1. The molecular weight excluding hydrogens is 537 g/mol. The van der Waals surface area contributed by atoms with Gasteiger partial charge in [-0.1, -0.05) is 72.8 Å². The van der Waals surface area contributed by atoms with Crippen molar-refractivity contribution in [1.82, 2.24) is 4.98 Å². The van der Waals surface area contributed by atoms with Gasteiger partial charge in [-0.15, -0.1) is 0 Å². The highest BCUT2D eigenvalue weighted by Crippen LogP contribution is 2.39. The highest BCUT2D eigenvalue weighted by molar-refractivity contribution is 5.98. The number of halogens is 3. The number of hydrogen-bond donors (Lipinski definition) is 2. The number of para-hydroxylation sites is 1. The van der Waals surface area contributed by atoms with Gasteiger partial charge in [0.15, 0.2) is 0 Å². The molecule has 6 rings (SSSR count). The van der Waals surface area contributed by atoms with Crippen LogP contribution < -0.4 is 5.32 Å². The third kappa shape index (κ3) is 5.54. The van der Waals surface area contributed by atoms with Gasteiger partial charge in [0.1, 0.15) is 0 Å². The van der Waals surface area contributed by atoms with Crippen LogP contribution in [0.4, 0.5) is 18.9 Å². The Morgan fingerprint density at radius 1 is 0.786 bits per heavy atom. The van der Waals surface area contributed by atoms with Crippen LogP contribution in [0.2, 0.25) is 0 Å². The van der Waals surface area contributed by atoms with E-state index in [0.29, 0.717) is 18.4 Å². The summed E-state index contributed by atoms with van der Waals surface area (Å²) >= 11 is 0. The first-order valence-corrected chi connectivity index (χ1v) is 13.4. The van der Waals surface area contributed by atoms with E-state index in [1.807, 2.05) is 72.8 Å². The average molecular weight is 563 g/mol. The molecule has 1 aromatic heterocycles. The fourth-order valence-corrected chi connectivity index (χ4v) is 5.31. The molecule has 0 saturated carbocycles. The minimum Gasteiger partial charge on any atom is -0.478 e. The standard InChI is InChI=1S/C35H25F3N2O2/c36-35(37,38)31-11-5-10-30-32(28(21-40-33(30)31)16-22-6-2-1-3-7-22)26-9-4-8-23(17-26)20-39-29-15-14-24-18-27(34(41)42)13-12-25(24)19-29/h1-15,17-19,21,39H,16,20H2,(H,41,42). The number of rotatable bonds is 7. The molecule has 2 N–H and O–H groups in total. The number of fused-ring (bicyclic) bond motifs is 2. The number of carbonyl (C=O) groups is 1. The van der Waals surface area contributed by atoms with Crippen molar-refractivity contribution in [1.29, 1.82) is 0 Å². The predicted octanol–water partition coefficient (Wildman–Crippen LogP) is 8.97. The summed E-state index contributed by atoms with van der Waals surface area (Å²) in [6.07, 6.45) is -2.43. The van der Waals surface area contributed by atoms with Crippen molar-refractivity contribution in [3.8, 4) is 11.1 Å². The van der Waals surface area contributed by atoms with Crippen LogP contribution in [0.3, 0.4) is 0 Å². The molecule has 0 aliphatic heterocycles. The third-order valence-corrected chi connectivity index (χ3v) is 7.32. The minimum absolute atomic E-state index is 0.0671. The second-order valence-corrected chi connectivity index (χ2v) is 10.2. The van der Waals surface area contributed by atoms with Crippen molar-refractivity contribution < 1.29 is 23.1 Å². The van der Waals surface area contributed by atoms with E-state index in [0.717, 1.165) is 50.3 Å². The van der Waals surface area contributed by atoms with Crippen molar-refractivity contribution in [2.45, 2.75) is 19.1 Å². The molecule has 0 amide bonds. The second-order valence-electron chi connectivity index (χ2n) is 10.2. The molecule has 7 heteroatoms. The molecule has 0 unspecified atom stereocenters. The van der Waals surface area contributed by atoms with Gasteiger partial charge < -0.3 is 10.4 Å². The number of carboxylic acids is 1. The number of carboxylic acid groups (broad SMARTS) is 1. The summed E-state index contributed by atoms with van der Waals surface area (Å²) in [6, 6.07) is 32.5. The second kappa shape index (κ2) is 11.0. The maximum Gasteiger partial charge on any atom is 0.418 e. The molecule has 0 saturated heterocycles. The lowest BCUT2D eigenvalue weighted by atomic mass is 9.91. The Hall–Kier alpha value is -5.17. The van der Waals surface area contributed by atoms with E-state index in [4.69, 9.17) is 0 Å². The molecule has 208 valence electrons. The number of alkyl halides is 3. The molecule has 0 aliphatic rings. The lowest BCUT2D eigenvalue weighted by Crippen LogP contribution is -2.07. The molecule has 0 fully saturated rings. The Bertz CT molecular complexity index is 1940. The first-order valence-electron chi connectivity index (χ1n) is 13.4. The number of hydrogen-bond acceptors (Lipinski definition) is 3. The first kappa shape index (κ1) is 27.0. The van der Waals surface area contributed by atoms with E-state index >= 15 is 0 Å². The Morgan fingerprint density at radius 2 is 1.52 bits per heavy atom. The van der Waals surface area contributed by atoms with Gasteiger partial charge >= 0.3 is 12.1 Å². The van der Waals surface area contributed by atoms with Crippen molar-refractivity contribution >= 4 is 33.3 Å². The van der Waals surface area contributed by atoms with E-state index in [-0.39, 0.29) is 11.1 Å². The Kier molecular flexibility index (Phi) is 7.08. The zero-order valence-corrected chi connectivity index (χ0v) is 22.3. The molecule has 0 radical (unpaired) electrons. The number of nitrogens with one attached hydrogen (secondary N) is 1. The molecule has 0 bridgehead atoms. The molecule has 6 aromatic rings. The molecule has 0 spiro atoms. The molecule has 0 atom stereocenters. The topological polar surface area (TPSA) is 62.2 Å². The zero-order chi connectivity index (χ0) is 29.3. The van der Waals surface area contributed by atoms with E-state index < -0.39 is 17.7 Å². The van der Waals surface area contributed by atoms with Crippen molar-refractivity contribution in [3.63, 3.8) is 0 Å². The summed E-state index contributed by atoms with van der Waals surface area (Å²) in [6.45, 7) is 0.484. The first-order chi connectivity index (χ1) is 20.3. The zero-order valence-electron chi connectivity index (χ0n) is 22.3. The maximum absolute atomic E-state index is 13.9. The number of anilines is 1. The summed E-state index contributed by atoms with van der Waals surface area (Å²) in [4.78, 5) is 15.6. The largest absolute Gasteiger partial charge is 0.478 e. The van der Waals surface area contributed by atoms with Crippen molar-refractivity contribution in [3.05, 3.63) is 143 Å². The fourth-order valence-electron chi connectivity index (χ4n) is 5.31. The monoisotopic (exact) mass is 562 g/mol. The van der Waals surface area contributed by atoms with Gasteiger partial charge in [0.2, 0.25) is 0 Å². The lowest BCUT2D eigenvalue weighted by Gasteiger charge is -2.17. The third-order valence-electron chi connectivity index (χ3n) is 7.32. The normalized spacial score (nSPS) is 11.6. The summed E-state index contributed by atoms with van der Waals surface area (Å²) in [5.74, 6) is -0.970. The van der Waals surface area contributed by atoms with Gasteiger partial charge in [-0.2, -0.15) is 13.2 Å². The summed E-state index contributed by atoms with van der Waals surface area (Å²) < 4.78 is 41.7. The van der Waals surface area contributed by atoms with Gasteiger partial charge in [-0.25, -0.2) is 4.79 Å². The maximum atomic E-state index is 13.9. The van der Waals surface area contributed by atoms with E-state index in [2.05, 4.69) is 10.3 Å². The minimum atomic E-state index is -4.52. The number of pyridine rings is 1. The molecule has 42 heavy (non-hydrogen) atoms.